The third kappa shape index (κ3) is 4.33. The topological polar surface area (TPSA) is 105 Å². The molecule has 0 bridgehead atoms. The highest BCUT2D eigenvalue weighted by Crippen LogP contribution is 2.44. The number of alkyl carbamates (subject to hydrolysis) is 1. The Balaban J connectivity index is 1.43. The highest BCUT2D eigenvalue weighted by Gasteiger charge is 2.49. The molecule has 32 heavy (non-hydrogen) atoms. The summed E-state index contributed by atoms with van der Waals surface area (Å²) in [5, 5.41) is 14.4. The molecule has 168 valence electrons. The fourth-order valence-electron chi connectivity index (χ4n) is 4.54. The molecule has 4 rings (SSSR count). The van der Waals surface area contributed by atoms with Crippen LogP contribution in [0.4, 0.5) is 4.79 Å². The molecule has 1 fully saturated rings. The summed E-state index contributed by atoms with van der Waals surface area (Å²) in [5.74, 6) is -1.44. The van der Waals surface area contributed by atoms with Crippen LogP contribution in [0.2, 0.25) is 0 Å². The maximum absolute atomic E-state index is 12.9. The highest BCUT2D eigenvalue weighted by molar-refractivity contribution is 5.91. The summed E-state index contributed by atoms with van der Waals surface area (Å²) in [6, 6.07) is 15.6. The summed E-state index contributed by atoms with van der Waals surface area (Å²) in [6.07, 6.45) is 0.807. The van der Waals surface area contributed by atoms with E-state index in [1.165, 1.54) is 0 Å². The first-order chi connectivity index (χ1) is 15.3. The Bertz CT molecular complexity index is 1000. The van der Waals surface area contributed by atoms with E-state index in [2.05, 4.69) is 22.8 Å². The molecular weight excluding hydrogens is 408 g/mol. The van der Waals surface area contributed by atoms with Gasteiger partial charge in [0, 0.05) is 12.0 Å². The van der Waals surface area contributed by atoms with E-state index >= 15 is 0 Å². The number of nitrogens with one attached hydrogen (secondary N) is 2. The molecule has 7 nitrogen and oxygen atoms in total. The van der Waals surface area contributed by atoms with Crippen molar-refractivity contribution in [3.8, 4) is 11.1 Å². The molecule has 0 saturated heterocycles. The van der Waals surface area contributed by atoms with Gasteiger partial charge in [0.1, 0.15) is 12.1 Å². The zero-order valence-electron chi connectivity index (χ0n) is 18.3. The van der Waals surface area contributed by atoms with Crippen LogP contribution in [0.25, 0.3) is 11.1 Å². The van der Waals surface area contributed by atoms with E-state index in [9.17, 15) is 14.4 Å². The number of amides is 2. The van der Waals surface area contributed by atoms with Gasteiger partial charge in [-0.25, -0.2) is 4.79 Å². The highest BCUT2D eigenvalue weighted by atomic mass is 16.5. The third-order valence-corrected chi connectivity index (χ3v) is 6.43. The Morgan fingerprint density at radius 1 is 1.06 bits per heavy atom. The van der Waals surface area contributed by atoms with Crippen LogP contribution in [0, 0.1) is 5.92 Å². The molecule has 0 spiro atoms. The van der Waals surface area contributed by atoms with Gasteiger partial charge in [-0.1, -0.05) is 48.5 Å². The van der Waals surface area contributed by atoms with Gasteiger partial charge in [-0.15, -0.1) is 0 Å². The molecule has 2 aliphatic carbocycles. The van der Waals surface area contributed by atoms with E-state index in [1.54, 1.807) is 13.8 Å². The average Bonchev–Trinajstić information content (AvgIpc) is 3.55. The lowest BCUT2D eigenvalue weighted by molar-refractivity contribution is -0.137. The predicted molar refractivity (Wildman–Crippen MR) is 119 cm³/mol. The number of fused-ring (bicyclic) bond motifs is 3. The second-order valence-corrected chi connectivity index (χ2v) is 8.90. The third-order valence-electron chi connectivity index (χ3n) is 6.43. The Kier molecular flexibility index (Phi) is 5.91. The van der Waals surface area contributed by atoms with Crippen LogP contribution >= 0.6 is 0 Å². The Hall–Kier alpha value is -3.35. The van der Waals surface area contributed by atoms with Gasteiger partial charge < -0.3 is 20.5 Å². The predicted octanol–water partition coefficient (Wildman–Crippen LogP) is 3.67. The second kappa shape index (κ2) is 8.65. The van der Waals surface area contributed by atoms with E-state index in [1.807, 2.05) is 36.4 Å². The van der Waals surface area contributed by atoms with E-state index in [-0.39, 0.29) is 30.8 Å². The molecule has 2 amide bonds. The molecule has 0 radical (unpaired) electrons. The maximum atomic E-state index is 12.9. The van der Waals surface area contributed by atoms with Crippen LogP contribution in [0.5, 0.6) is 0 Å². The van der Waals surface area contributed by atoms with Gasteiger partial charge >= 0.3 is 12.1 Å². The van der Waals surface area contributed by atoms with Gasteiger partial charge in [0.25, 0.3) is 0 Å². The Labute approximate surface area is 187 Å². The molecule has 3 N–H and O–H groups in total. The van der Waals surface area contributed by atoms with Crippen LogP contribution in [-0.2, 0) is 14.3 Å². The second-order valence-electron chi connectivity index (χ2n) is 8.90. The molecular formula is C25H28N2O5. The first-order valence-corrected chi connectivity index (χ1v) is 11.0. The van der Waals surface area contributed by atoms with Crippen molar-refractivity contribution in [2.75, 3.05) is 6.61 Å². The largest absolute Gasteiger partial charge is 0.481 e. The number of hydrogen-bond donors (Lipinski definition) is 3. The number of ether oxygens (including phenoxy) is 1. The van der Waals surface area contributed by atoms with Crippen LogP contribution in [0.3, 0.4) is 0 Å². The average molecular weight is 437 g/mol. The molecule has 2 unspecified atom stereocenters. The Morgan fingerprint density at radius 3 is 2.16 bits per heavy atom. The van der Waals surface area contributed by atoms with Crippen LogP contribution in [0.1, 0.15) is 50.2 Å². The molecule has 1 saturated carbocycles. The number of carbonyl (C=O) groups excluding carboxylic acids is 2. The normalized spacial score (nSPS) is 17.4. The summed E-state index contributed by atoms with van der Waals surface area (Å²) < 4.78 is 5.61. The number of carboxylic acids is 1. The van der Waals surface area contributed by atoms with Crippen molar-refractivity contribution < 1.29 is 24.2 Å². The molecule has 2 aromatic carbocycles. The lowest BCUT2D eigenvalue weighted by Gasteiger charge is -2.30. The number of benzene rings is 2. The number of rotatable bonds is 8. The van der Waals surface area contributed by atoms with Gasteiger partial charge in [-0.2, -0.15) is 0 Å². The molecule has 0 heterocycles. The van der Waals surface area contributed by atoms with E-state index in [0.717, 1.165) is 35.1 Å². The standard InChI is InChI=1S/C25H28N2O5/c1-15(13-22(28)29)26-23(30)25(2,16-11-12-16)27-24(31)32-14-21-19-9-5-3-7-17(19)18-8-4-6-10-20(18)21/h3-10,15-16,21H,11-14H2,1-2H3,(H,26,30)(H,27,31)(H,28,29). The summed E-state index contributed by atoms with van der Waals surface area (Å²) in [4.78, 5) is 36.5. The summed E-state index contributed by atoms with van der Waals surface area (Å²) in [7, 11) is 0. The quantitative estimate of drug-likeness (QED) is 0.586. The number of hydrogen-bond acceptors (Lipinski definition) is 4. The Morgan fingerprint density at radius 2 is 1.62 bits per heavy atom. The van der Waals surface area contributed by atoms with Crippen molar-refractivity contribution in [1.82, 2.24) is 10.6 Å². The summed E-state index contributed by atoms with van der Waals surface area (Å²) in [6.45, 7) is 3.47. The summed E-state index contributed by atoms with van der Waals surface area (Å²) >= 11 is 0. The van der Waals surface area contributed by atoms with E-state index in [4.69, 9.17) is 9.84 Å². The van der Waals surface area contributed by atoms with Gasteiger partial charge in [-0.3, -0.25) is 9.59 Å². The van der Waals surface area contributed by atoms with Gasteiger partial charge in [0.05, 0.1) is 6.42 Å². The van der Waals surface area contributed by atoms with Crippen molar-refractivity contribution in [3.05, 3.63) is 59.7 Å². The minimum Gasteiger partial charge on any atom is -0.481 e. The van der Waals surface area contributed by atoms with Crippen molar-refractivity contribution in [1.29, 1.82) is 0 Å². The number of carboxylic acid groups (broad SMARTS) is 1. The lowest BCUT2D eigenvalue weighted by atomic mass is 9.94. The van der Waals surface area contributed by atoms with Crippen molar-refractivity contribution in [2.24, 2.45) is 5.92 Å². The number of aliphatic carboxylic acids is 1. The molecule has 2 aliphatic rings. The minimum atomic E-state index is -1.14. The molecule has 2 atom stereocenters. The van der Waals surface area contributed by atoms with E-state index in [0.29, 0.717) is 0 Å². The minimum absolute atomic E-state index is 0.00000979. The van der Waals surface area contributed by atoms with Crippen LogP contribution in [-0.4, -0.2) is 41.3 Å². The van der Waals surface area contributed by atoms with Crippen LogP contribution in [0.15, 0.2) is 48.5 Å². The van der Waals surface area contributed by atoms with Gasteiger partial charge in [-0.05, 0) is 54.9 Å². The zero-order valence-corrected chi connectivity index (χ0v) is 18.3. The maximum Gasteiger partial charge on any atom is 0.408 e. The van der Waals surface area contributed by atoms with Crippen molar-refractivity contribution in [3.63, 3.8) is 0 Å². The van der Waals surface area contributed by atoms with Crippen molar-refractivity contribution in [2.45, 2.75) is 50.6 Å². The van der Waals surface area contributed by atoms with Crippen molar-refractivity contribution >= 4 is 18.0 Å². The fourth-order valence-corrected chi connectivity index (χ4v) is 4.54. The zero-order chi connectivity index (χ0) is 22.9. The summed E-state index contributed by atoms with van der Waals surface area (Å²) in [5.41, 5.74) is 3.38. The first-order valence-electron chi connectivity index (χ1n) is 11.0. The van der Waals surface area contributed by atoms with Crippen LogP contribution < -0.4 is 10.6 Å². The monoisotopic (exact) mass is 436 g/mol. The molecule has 7 heteroatoms. The molecule has 0 aromatic heterocycles. The van der Waals surface area contributed by atoms with Gasteiger partial charge in [0.15, 0.2) is 0 Å². The van der Waals surface area contributed by atoms with Gasteiger partial charge in [0.2, 0.25) is 5.91 Å². The smallest absolute Gasteiger partial charge is 0.408 e. The molecule has 2 aromatic rings. The SMILES string of the molecule is CC(CC(=O)O)NC(=O)C(C)(NC(=O)OCC1c2ccccc2-c2ccccc21)C1CC1. The fraction of sp³-hybridized carbons (Fsp3) is 0.400. The first kappa shape index (κ1) is 21.9. The number of carbonyl (C=O) groups is 3. The molecule has 0 aliphatic heterocycles. The lowest BCUT2D eigenvalue weighted by Crippen LogP contribution is -2.60. The van der Waals surface area contributed by atoms with E-state index < -0.39 is 23.6 Å².